The van der Waals surface area contributed by atoms with Crippen LogP contribution in [-0.2, 0) is 0 Å². The topological polar surface area (TPSA) is 0 Å². The van der Waals surface area contributed by atoms with Crippen molar-refractivity contribution in [1.82, 2.24) is 0 Å². The molecule has 0 heteroatoms. The molecule has 0 aliphatic carbocycles. The summed E-state index contributed by atoms with van der Waals surface area (Å²) < 4.78 is 0. The summed E-state index contributed by atoms with van der Waals surface area (Å²) in [6.07, 6.45) is 11.8. The first-order valence-corrected chi connectivity index (χ1v) is 6.93. The molecular formula is C17H30. The Morgan fingerprint density at radius 1 is 1.00 bits per heavy atom. The largest absolute Gasteiger partial charge is 0.0856 e. The first kappa shape index (κ1) is 16.2. The average molecular weight is 234 g/mol. The van der Waals surface area contributed by atoms with Gasteiger partial charge in [0.25, 0.3) is 0 Å². The molecule has 0 aromatic rings. The van der Waals surface area contributed by atoms with Crippen LogP contribution in [0.25, 0.3) is 0 Å². The lowest BCUT2D eigenvalue weighted by atomic mass is 9.99. The summed E-state index contributed by atoms with van der Waals surface area (Å²) in [7, 11) is 0. The Bertz CT molecular complexity index is 285. The van der Waals surface area contributed by atoms with Crippen LogP contribution in [0.5, 0.6) is 0 Å². The van der Waals surface area contributed by atoms with Gasteiger partial charge >= 0.3 is 0 Å². The molecule has 0 N–H and O–H groups in total. The van der Waals surface area contributed by atoms with E-state index in [1.165, 1.54) is 36.0 Å². The van der Waals surface area contributed by atoms with E-state index in [0.29, 0.717) is 0 Å². The number of hydrogen-bond donors (Lipinski definition) is 0. The lowest BCUT2D eigenvalue weighted by molar-refractivity contribution is 0.653. The smallest absolute Gasteiger partial charge is 0.0164 e. The Balaban J connectivity index is 4.03. The summed E-state index contributed by atoms with van der Waals surface area (Å²) in [5.41, 5.74) is 4.46. The fourth-order valence-corrected chi connectivity index (χ4v) is 1.66. The zero-order chi connectivity index (χ0) is 13.3. The molecule has 0 heterocycles. The number of allylic oxidation sites excluding steroid dienone is 6. The molecular weight excluding hydrogens is 204 g/mol. The van der Waals surface area contributed by atoms with E-state index in [-0.39, 0.29) is 0 Å². The molecule has 0 aromatic carbocycles. The summed E-state index contributed by atoms with van der Waals surface area (Å²) in [5, 5.41) is 0. The third-order valence-corrected chi connectivity index (χ3v) is 3.39. The van der Waals surface area contributed by atoms with Crippen molar-refractivity contribution in [1.29, 1.82) is 0 Å². The molecule has 98 valence electrons. The maximum absolute atomic E-state index is 2.37. The highest BCUT2D eigenvalue weighted by molar-refractivity contribution is 5.09. The minimum absolute atomic E-state index is 0.731. The van der Waals surface area contributed by atoms with Gasteiger partial charge in [-0.2, -0.15) is 0 Å². The molecule has 0 aromatic heterocycles. The monoisotopic (exact) mass is 234 g/mol. The molecule has 0 rings (SSSR count). The van der Waals surface area contributed by atoms with E-state index in [9.17, 15) is 0 Å². The Morgan fingerprint density at radius 3 is 2.18 bits per heavy atom. The van der Waals surface area contributed by atoms with Crippen molar-refractivity contribution in [3.8, 4) is 0 Å². The SMILES string of the molecule is CCC(C)/C(C)=C/C/C=C(/C)CCC=C(C)C. The van der Waals surface area contributed by atoms with Crippen LogP contribution in [0.3, 0.4) is 0 Å². The van der Waals surface area contributed by atoms with Crippen LogP contribution in [0.15, 0.2) is 34.9 Å². The van der Waals surface area contributed by atoms with Crippen LogP contribution < -0.4 is 0 Å². The van der Waals surface area contributed by atoms with Gasteiger partial charge < -0.3 is 0 Å². The molecule has 0 aliphatic rings. The summed E-state index contributed by atoms with van der Waals surface area (Å²) >= 11 is 0. The number of hydrogen-bond acceptors (Lipinski definition) is 0. The molecule has 0 aliphatic heterocycles. The number of rotatable bonds is 7. The van der Waals surface area contributed by atoms with E-state index in [0.717, 1.165) is 12.3 Å². The van der Waals surface area contributed by atoms with Crippen LogP contribution in [0.4, 0.5) is 0 Å². The van der Waals surface area contributed by atoms with Crippen molar-refractivity contribution in [3.05, 3.63) is 34.9 Å². The van der Waals surface area contributed by atoms with Gasteiger partial charge in [-0.3, -0.25) is 0 Å². The Morgan fingerprint density at radius 2 is 1.65 bits per heavy atom. The second kappa shape index (κ2) is 9.27. The van der Waals surface area contributed by atoms with Gasteiger partial charge in [0.05, 0.1) is 0 Å². The molecule has 1 unspecified atom stereocenters. The second-order valence-electron chi connectivity index (χ2n) is 5.36. The van der Waals surface area contributed by atoms with Crippen LogP contribution in [0, 0.1) is 5.92 Å². The summed E-state index contributed by atoms with van der Waals surface area (Å²) in [5.74, 6) is 0.731. The molecule has 0 amide bonds. The van der Waals surface area contributed by atoms with Gasteiger partial charge in [-0.25, -0.2) is 0 Å². The quantitative estimate of drug-likeness (QED) is 0.469. The third-order valence-electron chi connectivity index (χ3n) is 3.39. The maximum Gasteiger partial charge on any atom is -0.0164 e. The van der Waals surface area contributed by atoms with Crippen LogP contribution >= 0.6 is 0 Å². The highest BCUT2D eigenvalue weighted by Gasteiger charge is 1.98. The van der Waals surface area contributed by atoms with E-state index in [1.54, 1.807) is 0 Å². The molecule has 0 saturated carbocycles. The van der Waals surface area contributed by atoms with Crippen LogP contribution in [0.1, 0.15) is 67.2 Å². The van der Waals surface area contributed by atoms with Crippen molar-refractivity contribution in [2.45, 2.75) is 67.2 Å². The van der Waals surface area contributed by atoms with E-state index in [1.807, 2.05) is 0 Å². The van der Waals surface area contributed by atoms with E-state index in [4.69, 9.17) is 0 Å². The fraction of sp³-hybridized carbons (Fsp3) is 0.647. The van der Waals surface area contributed by atoms with Crippen molar-refractivity contribution < 1.29 is 0 Å². The van der Waals surface area contributed by atoms with Crippen LogP contribution in [-0.4, -0.2) is 0 Å². The van der Waals surface area contributed by atoms with Gasteiger partial charge in [-0.15, -0.1) is 0 Å². The average Bonchev–Trinajstić information content (AvgIpc) is 2.27. The van der Waals surface area contributed by atoms with Gasteiger partial charge in [-0.1, -0.05) is 48.8 Å². The minimum Gasteiger partial charge on any atom is -0.0856 e. The Kier molecular flexibility index (Phi) is 8.85. The fourth-order valence-electron chi connectivity index (χ4n) is 1.66. The molecule has 0 radical (unpaired) electrons. The van der Waals surface area contributed by atoms with Gasteiger partial charge in [0.2, 0.25) is 0 Å². The highest BCUT2D eigenvalue weighted by atomic mass is 14.0. The normalized spacial score (nSPS) is 14.7. The Labute approximate surface area is 109 Å². The predicted molar refractivity (Wildman–Crippen MR) is 80.3 cm³/mol. The molecule has 0 spiro atoms. The van der Waals surface area contributed by atoms with Gasteiger partial charge in [0.1, 0.15) is 0 Å². The first-order chi connectivity index (χ1) is 7.97. The molecule has 0 nitrogen and oxygen atoms in total. The van der Waals surface area contributed by atoms with Crippen molar-refractivity contribution >= 4 is 0 Å². The summed E-state index contributed by atoms with van der Waals surface area (Å²) in [6, 6.07) is 0. The van der Waals surface area contributed by atoms with E-state index >= 15 is 0 Å². The van der Waals surface area contributed by atoms with Gasteiger partial charge in [0, 0.05) is 0 Å². The third kappa shape index (κ3) is 8.97. The summed E-state index contributed by atoms with van der Waals surface area (Å²) in [4.78, 5) is 0. The van der Waals surface area contributed by atoms with E-state index in [2.05, 4.69) is 59.8 Å². The summed E-state index contributed by atoms with van der Waals surface area (Å²) in [6.45, 7) is 13.4. The molecule has 17 heavy (non-hydrogen) atoms. The van der Waals surface area contributed by atoms with Crippen molar-refractivity contribution in [2.24, 2.45) is 5.92 Å². The predicted octanol–water partition coefficient (Wildman–Crippen LogP) is 6.06. The van der Waals surface area contributed by atoms with E-state index < -0.39 is 0 Å². The standard InChI is InChI=1S/C17H30/c1-7-16(5)17(6)13-9-12-15(4)11-8-10-14(2)3/h10,12-13,16H,7-9,11H2,1-6H3/b15-12-,17-13+. The minimum atomic E-state index is 0.731. The molecule has 0 saturated heterocycles. The maximum atomic E-state index is 2.37. The Hall–Kier alpha value is -0.780. The molecule has 0 bridgehead atoms. The molecule has 1 atom stereocenters. The lowest BCUT2D eigenvalue weighted by Gasteiger charge is -2.08. The van der Waals surface area contributed by atoms with Crippen LogP contribution in [0.2, 0.25) is 0 Å². The highest BCUT2D eigenvalue weighted by Crippen LogP contribution is 2.15. The van der Waals surface area contributed by atoms with Crippen molar-refractivity contribution in [3.63, 3.8) is 0 Å². The van der Waals surface area contributed by atoms with Gasteiger partial charge in [0.15, 0.2) is 0 Å². The lowest BCUT2D eigenvalue weighted by Crippen LogP contribution is -1.92. The molecule has 0 fully saturated rings. The zero-order valence-corrected chi connectivity index (χ0v) is 12.6. The zero-order valence-electron chi connectivity index (χ0n) is 12.6. The first-order valence-electron chi connectivity index (χ1n) is 6.93. The second-order valence-corrected chi connectivity index (χ2v) is 5.36. The van der Waals surface area contributed by atoms with Crippen molar-refractivity contribution in [2.75, 3.05) is 0 Å². The van der Waals surface area contributed by atoms with Gasteiger partial charge in [-0.05, 0) is 59.3 Å².